The summed E-state index contributed by atoms with van der Waals surface area (Å²) >= 11 is 0. The summed E-state index contributed by atoms with van der Waals surface area (Å²) in [6.45, 7) is 7.42. The predicted molar refractivity (Wildman–Crippen MR) is 82.1 cm³/mol. The molecule has 1 aromatic carbocycles. The van der Waals surface area contributed by atoms with Gasteiger partial charge in [-0.1, -0.05) is 57.9 Å². The molecular formula is C17H29NO. The molecule has 0 saturated carbocycles. The van der Waals surface area contributed by atoms with Crippen molar-refractivity contribution < 1.29 is 5.11 Å². The highest BCUT2D eigenvalue weighted by Crippen LogP contribution is 2.31. The van der Waals surface area contributed by atoms with E-state index in [1.165, 1.54) is 24.8 Å². The van der Waals surface area contributed by atoms with E-state index >= 15 is 0 Å². The second-order valence-corrected chi connectivity index (χ2v) is 5.86. The molecule has 1 aromatic rings. The summed E-state index contributed by atoms with van der Waals surface area (Å²) in [7, 11) is 0. The van der Waals surface area contributed by atoms with E-state index in [0.717, 1.165) is 12.0 Å². The zero-order valence-corrected chi connectivity index (χ0v) is 12.7. The van der Waals surface area contributed by atoms with Crippen LogP contribution in [-0.4, -0.2) is 11.7 Å². The van der Waals surface area contributed by atoms with Crippen LogP contribution in [0, 0.1) is 5.41 Å². The lowest BCUT2D eigenvalue weighted by Gasteiger charge is -2.26. The van der Waals surface area contributed by atoms with Crippen LogP contribution in [0.5, 0.6) is 0 Å². The maximum Gasteiger partial charge on any atom is 0.0802 e. The minimum Gasteiger partial charge on any atom is -0.388 e. The second kappa shape index (κ2) is 7.66. The summed E-state index contributed by atoms with van der Waals surface area (Å²) in [5, 5.41) is 9.99. The Morgan fingerprint density at radius 2 is 1.95 bits per heavy atom. The fourth-order valence-electron chi connectivity index (χ4n) is 2.33. The summed E-state index contributed by atoms with van der Waals surface area (Å²) in [5.41, 5.74) is 8.25. The Balaban J connectivity index is 2.67. The van der Waals surface area contributed by atoms with E-state index in [2.05, 4.69) is 32.9 Å². The van der Waals surface area contributed by atoms with Crippen LogP contribution in [0.1, 0.15) is 63.7 Å². The van der Waals surface area contributed by atoms with E-state index in [0.29, 0.717) is 18.4 Å². The Morgan fingerprint density at radius 3 is 2.53 bits per heavy atom. The minimum absolute atomic E-state index is 0.423. The molecule has 2 heteroatoms. The van der Waals surface area contributed by atoms with Gasteiger partial charge in [0.2, 0.25) is 0 Å². The first-order chi connectivity index (χ1) is 9.04. The third-order valence-electron chi connectivity index (χ3n) is 4.50. The number of aliphatic hydroxyl groups excluding tert-OH is 1. The number of hydrogen-bond acceptors (Lipinski definition) is 2. The summed E-state index contributed by atoms with van der Waals surface area (Å²) in [4.78, 5) is 0. The maximum atomic E-state index is 9.99. The van der Waals surface area contributed by atoms with Crippen LogP contribution in [-0.2, 0) is 6.42 Å². The second-order valence-electron chi connectivity index (χ2n) is 5.86. The highest BCUT2D eigenvalue weighted by Gasteiger charge is 2.19. The SMILES string of the molecule is CCC(C)(CC)CCc1cccc(C(O)CCN)c1. The first-order valence-corrected chi connectivity index (χ1v) is 7.51. The molecule has 0 aliphatic rings. The molecule has 108 valence electrons. The molecule has 1 atom stereocenters. The van der Waals surface area contributed by atoms with Crippen molar-refractivity contribution in [1.29, 1.82) is 0 Å². The Hall–Kier alpha value is -0.860. The molecule has 19 heavy (non-hydrogen) atoms. The van der Waals surface area contributed by atoms with Gasteiger partial charge in [-0.15, -0.1) is 0 Å². The van der Waals surface area contributed by atoms with Crippen LogP contribution in [0.25, 0.3) is 0 Å². The van der Waals surface area contributed by atoms with Crippen LogP contribution in [0.4, 0.5) is 0 Å². The number of nitrogens with two attached hydrogens (primary N) is 1. The van der Waals surface area contributed by atoms with E-state index in [9.17, 15) is 5.11 Å². The van der Waals surface area contributed by atoms with Crippen LogP contribution >= 0.6 is 0 Å². The smallest absolute Gasteiger partial charge is 0.0802 e. The molecule has 0 spiro atoms. The molecule has 0 fully saturated rings. The van der Waals surface area contributed by atoms with Gasteiger partial charge in [0.25, 0.3) is 0 Å². The van der Waals surface area contributed by atoms with Crippen molar-refractivity contribution in [2.75, 3.05) is 6.54 Å². The minimum atomic E-state index is -0.423. The predicted octanol–water partition coefficient (Wildman–Crippen LogP) is 3.83. The fourth-order valence-corrected chi connectivity index (χ4v) is 2.33. The zero-order chi connectivity index (χ0) is 14.3. The summed E-state index contributed by atoms with van der Waals surface area (Å²) in [6, 6.07) is 8.32. The number of benzene rings is 1. The standard InChI is InChI=1S/C17H29NO/c1-4-17(3,5-2)11-9-14-7-6-8-15(13-14)16(19)10-12-18/h6-8,13,16,19H,4-5,9-12,18H2,1-3H3. The van der Waals surface area contributed by atoms with Crippen LogP contribution in [0.3, 0.4) is 0 Å². The molecule has 3 N–H and O–H groups in total. The molecule has 0 heterocycles. The Bertz CT molecular complexity index is 371. The van der Waals surface area contributed by atoms with Crippen molar-refractivity contribution in [3.63, 3.8) is 0 Å². The van der Waals surface area contributed by atoms with Crippen molar-refractivity contribution in [2.24, 2.45) is 11.1 Å². The van der Waals surface area contributed by atoms with Gasteiger partial charge in [0.1, 0.15) is 0 Å². The topological polar surface area (TPSA) is 46.2 Å². The molecule has 2 nitrogen and oxygen atoms in total. The van der Waals surface area contributed by atoms with Gasteiger partial charge in [-0.2, -0.15) is 0 Å². The monoisotopic (exact) mass is 263 g/mol. The first kappa shape index (κ1) is 16.2. The molecular weight excluding hydrogens is 234 g/mol. The summed E-state index contributed by atoms with van der Waals surface area (Å²) < 4.78 is 0. The maximum absolute atomic E-state index is 9.99. The number of hydrogen-bond donors (Lipinski definition) is 2. The van der Waals surface area contributed by atoms with Crippen molar-refractivity contribution in [3.05, 3.63) is 35.4 Å². The lowest BCUT2D eigenvalue weighted by atomic mass is 9.79. The van der Waals surface area contributed by atoms with E-state index in [1.54, 1.807) is 0 Å². The Kier molecular flexibility index (Phi) is 6.53. The van der Waals surface area contributed by atoms with Gasteiger partial charge in [-0.3, -0.25) is 0 Å². The molecule has 0 bridgehead atoms. The van der Waals surface area contributed by atoms with Crippen LogP contribution < -0.4 is 5.73 Å². The van der Waals surface area contributed by atoms with Crippen molar-refractivity contribution in [1.82, 2.24) is 0 Å². The summed E-state index contributed by atoms with van der Waals surface area (Å²) in [6.07, 6.45) is 4.94. The molecule has 0 aliphatic carbocycles. The third kappa shape index (κ3) is 4.96. The van der Waals surface area contributed by atoms with Crippen molar-refractivity contribution in [2.45, 2.75) is 59.0 Å². The molecule has 1 rings (SSSR count). The lowest BCUT2D eigenvalue weighted by Crippen LogP contribution is -2.15. The number of rotatable bonds is 8. The molecule has 0 amide bonds. The van der Waals surface area contributed by atoms with Gasteiger partial charge in [0, 0.05) is 0 Å². The molecule has 0 radical (unpaired) electrons. The normalized spacial score (nSPS) is 13.5. The molecule has 1 unspecified atom stereocenters. The molecule has 0 aromatic heterocycles. The molecule has 0 saturated heterocycles. The van der Waals surface area contributed by atoms with Gasteiger partial charge in [-0.25, -0.2) is 0 Å². The highest BCUT2D eigenvalue weighted by molar-refractivity contribution is 5.25. The van der Waals surface area contributed by atoms with Gasteiger partial charge in [0.15, 0.2) is 0 Å². The third-order valence-corrected chi connectivity index (χ3v) is 4.50. The average molecular weight is 263 g/mol. The van der Waals surface area contributed by atoms with Crippen molar-refractivity contribution in [3.8, 4) is 0 Å². The quantitative estimate of drug-likeness (QED) is 0.749. The molecule has 0 aliphatic heterocycles. The zero-order valence-electron chi connectivity index (χ0n) is 12.7. The average Bonchev–Trinajstić information content (AvgIpc) is 2.45. The number of aliphatic hydroxyl groups is 1. The summed E-state index contributed by atoms with van der Waals surface area (Å²) in [5.74, 6) is 0. The van der Waals surface area contributed by atoms with Gasteiger partial charge < -0.3 is 10.8 Å². The van der Waals surface area contributed by atoms with Gasteiger partial charge in [0.05, 0.1) is 6.10 Å². The van der Waals surface area contributed by atoms with E-state index < -0.39 is 6.10 Å². The fraction of sp³-hybridized carbons (Fsp3) is 0.647. The Labute approximate surface area is 118 Å². The number of aryl methyl sites for hydroxylation is 1. The lowest BCUT2D eigenvalue weighted by molar-refractivity contribution is 0.170. The van der Waals surface area contributed by atoms with E-state index in [1.807, 2.05) is 12.1 Å². The van der Waals surface area contributed by atoms with Crippen molar-refractivity contribution >= 4 is 0 Å². The Morgan fingerprint density at radius 1 is 1.26 bits per heavy atom. The largest absolute Gasteiger partial charge is 0.388 e. The highest BCUT2D eigenvalue weighted by atomic mass is 16.3. The van der Waals surface area contributed by atoms with E-state index in [-0.39, 0.29) is 0 Å². The van der Waals surface area contributed by atoms with Gasteiger partial charge >= 0.3 is 0 Å². The van der Waals surface area contributed by atoms with Crippen LogP contribution in [0.15, 0.2) is 24.3 Å². The van der Waals surface area contributed by atoms with Crippen LogP contribution in [0.2, 0.25) is 0 Å². The van der Waals surface area contributed by atoms with Gasteiger partial charge in [-0.05, 0) is 42.3 Å². The first-order valence-electron chi connectivity index (χ1n) is 7.51. The van der Waals surface area contributed by atoms with E-state index in [4.69, 9.17) is 5.73 Å².